The Bertz CT molecular complexity index is 665. The Morgan fingerprint density at radius 2 is 2.14 bits per heavy atom. The third kappa shape index (κ3) is 2.83. The van der Waals surface area contributed by atoms with Gasteiger partial charge in [-0.05, 0) is 0 Å². The zero-order valence-corrected chi connectivity index (χ0v) is 15.3. The summed E-state index contributed by atoms with van der Waals surface area (Å²) in [5, 5.41) is 1.04. The summed E-state index contributed by atoms with van der Waals surface area (Å²) in [5.41, 5.74) is -0.207. The van der Waals surface area contributed by atoms with Crippen LogP contribution in [0.2, 0.25) is 29.8 Å². The Morgan fingerprint density at radius 3 is 2.81 bits per heavy atom. The average Bonchev–Trinajstić information content (AvgIpc) is 2.89. The van der Waals surface area contributed by atoms with Crippen LogP contribution in [-0.4, -0.2) is 45.0 Å². The van der Waals surface area contributed by atoms with Crippen molar-refractivity contribution in [3.63, 3.8) is 0 Å². The maximum absolute atomic E-state index is 12.0. The molecule has 1 aromatic heterocycles. The van der Waals surface area contributed by atoms with Gasteiger partial charge in [0.25, 0.3) is 0 Å². The summed E-state index contributed by atoms with van der Waals surface area (Å²) in [4.78, 5) is 26.1. The van der Waals surface area contributed by atoms with Crippen molar-refractivity contribution in [2.45, 2.75) is 55.1 Å². The summed E-state index contributed by atoms with van der Waals surface area (Å²) in [5.74, 6) is 0. The van der Waals surface area contributed by atoms with E-state index in [1.807, 2.05) is 0 Å². The predicted molar refractivity (Wildman–Crippen MR) is 82.5 cm³/mol. The number of H-pyrrole nitrogens is 1. The Labute approximate surface area is 130 Å². The normalized spacial score (nSPS) is 31.8. The summed E-state index contributed by atoms with van der Waals surface area (Å²) in [6, 6.07) is 0. The third-order valence-electron chi connectivity index (χ3n) is 3.65. The van der Waals surface area contributed by atoms with E-state index in [2.05, 4.69) is 24.6 Å². The first-order chi connectivity index (χ1) is 9.76. The molecular weight excluding hydrogens is 355 g/mol. The molecule has 1 unspecified atom stereocenters. The molecule has 2 aliphatic heterocycles. The number of nitrogens with one attached hydrogen (secondary N) is 1. The van der Waals surface area contributed by atoms with E-state index in [0.29, 0.717) is 20.5 Å². The van der Waals surface area contributed by atoms with E-state index >= 15 is 0 Å². The quantitative estimate of drug-likeness (QED) is 0.797. The molecule has 6 nitrogen and oxygen atoms in total. The van der Waals surface area contributed by atoms with Crippen LogP contribution in [0.4, 0.5) is 0 Å². The molecule has 3 heterocycles. The first-order valence-electron chi connectivity index (χ1n) is 7.03. The zero-order valence-electron chi connectivity index (χ0n) is 12.6. The fraction of sp³-hybridized carbons (Fsp3) is 0.692. The molecule has 116 valence electrons. The number of hydrogen-bond donors (Lipinski definition) is 1. The number of aryl methyl sites for hydroxylation is 1. The van der Waals surface area contributed by atoms with Crippen LogP contribution in [-0.2, 0) is 9.16 Å². The van der Waals surface area contributed by atoms with Gasteiger partial charge in [0.15, 0.2) is 0 Å². The maximum atomic E-state index is 12.0. The topological polar surface area (TPSA) is 73.3 Å². The molecule has 0 aliphatic carbocycles. The van der Waals surface area contributed by atoms with Gasteiger partial charge in [-0.15, -0.1) is 0 Å². The second-order valence-electron chi connectivity index (χ2n) is 6.54. The molecule has 2 fully saturated rings. The summed E-state index contributed by atoms with van der Waals surface area (Å²) < 4.78 is 13.8. The number of ether oxygens (including phenoxy) is 1. The fourth-order valence-electron chi connectivity index (χ4n) is 2.78. The molecule has 0 radical (unpaired) electrons. The van der Waals surface area contributed by atoms with Gasteiger partial charge in [-0.3, -0.25) is 0 Å². The van der Waals surface area contributed by atoms with Crippen LogP contribution in [0, 0.1) is 6.92 Å². The molecule has 1 aromatic rings. The van der Waals surface area contributed by atoms with Crippen molar-refractivity contribution in [1.82, 2.24) is 9.55 Å². The molecule has 0 saturated carbocycles. The van der Waals surface area contributed by atoms with E-state index < -0.39 is 14.0 Å². The average molecular weight is 375 g/mol. The van der Waals surface area contributed by atoms with Crippen LogP contribution >= 0.6 is 0 Å². The van der Waals surface area contributed by atoms with Gasteiger partial charge in [0.2, 0.25) is 0 Å². The molecule has 2 aliphatic rings. The van der Waals surface area contributed by atoms with Crippen molar-refractivity contribution < 1.29 is 9.16 Å². The van der Waals surface area contributed by atoms with Gasteiger partial charge in [0, 0.05) is 0 Å². The molecule has 0 aromatic carbocycles. The number of hydrogen-bond acceptors (Lipinski definition) is 4. The van der Waals surface area contributed by atoms with Crippen molar-refractivity contribution in [1.29, 1.82) is 0 Å². The standard InChI is InChI=1S/C13H20N2O4SeSi/c1-7-5-15(13(17)14-11(7)16)12-10-9(19-21(2,3)4)8(18-12)6-20-10/h5,8-10,12H,6H2,1-4H3,(H,14,16,17)/t8-,9-,10+,12?/m1/s1. The third-order valence-corrected chi connectivity index (χ3v) is 7.58. The molecule has 0 amide bonds. The molecule has 0 spiro atoms. The van der Waals surface area contributed by atoms with Crippen LogP contribution in [0.25, 0.3) is 0 Å². The summed E-state index contributed by atoms with van der Waals surface area (Å²) in [6.45, 7) is 8.21. The number of aromatic nitrogens is 2. The van der Waals surface area contributed by atoms with Crippen molar-refractivity contribution in [2.75, 3.05) is 0 Å². The van der Waals surface area contributed by atoms with E-state index in [4.69, 9.17) is 9.16 Å². The Balaban J connectivity index is 1.91. The van der Waals surface area contributed by atoms with Crippen LogP contribution in [0.1, 0.15) is 11.8 Å². The Hall–Kier alpha value is -0.664. The number of fused-ring (bicyclic) bond motifs is 2. The summed E-state index contributed by atoms with van der Waals surface area (Å²) in [7, 11) is -1.65. The fourth-order valence-corrected chi connectivity index (χ4v) is 7.18. The first kappa shape index (κ1) is 15.2. The van der Waals surface area contributed by atoms with Crippen molar-refractivity contribution >= 4 is 23.3 Å². The van der Waals surface area contributed by atoms with E-state index in [9.17, 15) is 9.59 Å². The molecular formula is C13H20N2O4SeSi. The summed E-state index contributed by atoms with van der Waals surface area (Å²) in [6.07, 6.45) is 1.49. The number of rotatable bonds is 3. The molecule has 21 heavy (non-hydrogen) atoms. The molecule has 8 heteroatoms. The molecule has 2 saturated heterocycles. The van der Waals surface area contributed by atoms with Crippen LogP contribution in [0.3, 0.4) is 0 Å². The van der Waals surface area contributed by atoms with Gasteiger partial charge in [-0.1, -0.05) is 0 Å². The van der Waals surface area contributed by atoms with Crippen LogP contribution < -0.4 is 11.2 Å². The minimum atomic E-state index is -1.65. The Morgan fingerprint density at radius 1 is 1.43 bits per heavy atom. The molecule has 4 atom stereocenters. The van der Waals surface area contributed by atoms with Gasteiger partial charge in [-0.25, -0.2) is 0 Å². The van der Waals surface area contributed by atoms with Gasteiger partial charge >= 0.3 is 130 Å². The SMILES string of the molecule is Cc1cn(C2O[C@@H]3C[Se][C@H]2[C@@H]3O[Si](C)(C)C)c(=O)[nH]c1=O. The van der Waals surface area contributed by atoms with Gasteiger partial charge in [0.1, 0.15) is 0 Å². The van der Waals surface area contributed by atoms with E-state index in [1.165, 1.54) is 4.57 Å². The molecule has 2 bridgehead atoms. The second-order valence-corrected chi connectivity index (χ2v) is 13.5. The van der Waals surface area contributed by atoms with Crippen LogP contribution in [0.5, 0.6) is 0 Å². The van der Waals surface area contributed by atoms with Crippen LogP contribution in [0.15, 0.2) is 15.8 Å². The van der Waals surface area contributed by atoms with Gasteiger partial charge in [-0.2, -0.15) is 0 Å². The molecule has 1 N–H and O–H groups in total. The van der Waals surface area contributed by atoms with E-state index in [-0.39, 0.29) is 28.8 Å². The molecule has 3 rings (SSSR count). The summed E-state index contributed by atoms with van der Waals surface area (Å²) >= 11 is 0.404. The number of aromatic amines is 1. The van der Waals surface area contributed by atoms with Crippen molar-refractivity contribution in [2.24, 2.45) is 0 Å². The monoisotopic (exact) mass is 376 g/mol. The number of nitrogens with zero attached hydrogens (tertiary/aromatic N) is 1. The minimum absolute atomic E-state index is 0.0888. The van der Waals surface area contributed by atoms with Crippen molar-refractivity contribution in [3.05, 3.63) is 32.6 Å². The predicted octanol–water partition coefficient (Wildman–Crippen LogP) is 0.887. The second kappa shape index (κ2) is 5.21. The Kier molecular flexibility index (Phi) is 3.78. The van der Waals surface area contributed by atoms with E-state index in [1.54, 1.807) is 13.1 Å². The zero-order chi connectivity index (χ0) is 15.4. The van der Waals surface area contributed by atoms with Gasteiger partial charge < -0.3 is 0 Å². The van der Waals surface area contributed by atoms with Gasteiger partial charge in [0.05, 0.1) is 0 Å². The first-order valence-corrected chi connectivity index (χ1v) is 12.6. The van der Waals surface area contributed by atoms with Crippen molar-refractivity contribution in [3.8, 4) is 0 Å². The van der Waals surface area contributed by atoms with E-state index in [0.717, 1.165) is 5.32 Å².